The number of hydrogen-bond donors (Lipinski definition) is 3. The van der Waals surface area contributed by atoms with Crippen molar-refractivity contribution in [3.05, 3.63) is 35.9 Å². The van der Waals surface area contributed by atoms with Gasteiger partial charge in [-0.15, -0.1) is 0 Å². The van der Waals surface area contributed by atoms with E-state index in [4.69, 9.17) is 0 Å². The molecule has 0 bridgehead atoms. The Balaban J connectivity index is 3.16. The zero-order valence-electron chi connectivity index (χ0n) is 31.0. The van der Waals surface area contributed by atoms with Gasteiger partial charge in [0.25, 0.3) is 0 Å². The maximum absolute atomic E-state index is 13.9. The standard InChI is InChI=1S/C39H61F3N2O6/c1-7-8-9-10-11-12-16-19-31(46)25-32(27(4)5)38(50)44-34(23-29-17-14-13-15-18-29)35(47)24-30(22-26(2)3)37(49)43-33(21-20-28(6)45)36(48)39(40,41)42/h13-15,17-18,26-27,30,32-34,36,48H,7-12,16,19-25H2,1-6H3,(H,43,49)(H,44,50)/t30-,32+,33?,34+,36?/m1/s1. The maximum Gasteiger partial charge on any atom is 0.416 e. The molecule has 0 aliphatic rings. The number of aliphatic hydroxyl groups is 1. The second kappa shape index (κ2) is 23.4. The van der Waals surface area contributed by atoms with E-state index in [2.05, 4.69) is 17.6 Å². The molecule has 284 valence electrons. The van der Waals surface area contributed by atoms with E-state index >= 15 is 0 Å². The average Bonchev–Trinajstić information content (AvgIpc) is 3.03. The Bertz CT molecular complexity index is 1190. The van der Waals surface area contributed by atoms with Gasteiger partial charge >= 0.3 is 6.18 Å². The molecule has 0 fully saturated rings. The normalized spacial score (nSPS) is 14.9. The van der Waals surface area contributed by atoms with Gasteiger partial charge in [-0.25, -0.2) is 0 Å². The molecule has 2 amide bonds. The Morgan fingerprint density at radius 2 is 1.40 bits per heavy atom. The summed E-state index contributed by atoms with van der Waals surface area (Å²) >= 11 is 0. The summed E-state index contributed by atoms with van der Waals surface area (Å²) in [4.78, 5) is 65.5. The van der Waals surface area contributed by atoms with E-state index in [1.165, 1.54) is 26.2 Å². The van der Waals surface area contributed by atoms with Crippen LogP contribution in [0.5, 0.6) is 0 Å². The number of halogens is 3. The summed E-state index contributed by atoms with van der Waals surface area (Å²) in [6.07, 6.45) is -0.789. The monoisotopic (exact) mass is 710 g/mol. The van der Waals surface area contributed by atoms with Gasteiger partial charge in [0.2, 0.25) is 11.8 Å². The highest BCUT2D eigenvalue weighted by atomic mass is 19.4. The number of nitrogens with one attached hydrogen (secondary N) is 2. The summed E-state index contributed by atoms with van der Waals surface area (Å²) in [5.41, 5.74) is 0.754. The van der Waals surface area contributed by atoms with Crippen LogP contribution in [-0.4, -0.2) is 58.6 Å². The van der Waals surface area contributed by atoms with Crippen molar-refractivity contribution in [3.63, 3.8) is 0 Å². The number of alkyl halides is 3. The Morgan fingerprint density at radius 1 is 0.800 bits per heavy atom. The van der Waals surface area contributed by atoms with Gasteiger partial charge in [-0.3, -0.25) is 19.2 Å². The van der Waals surface area contributed by atoms with E-state index in [1.807, 2.05) is 33.8 Å². The van der Waals surface area contributed by atoms with Crippen LogP contribution in [0.25, 0.3) is 0 Å². The minimum Gasteiger partial charge on any atom is -0.382 e. The quantitative estimate of drug-likeness (QED) is 0.0855. The second-order valence-electron chi connectivity index (χ2n) is 14.6. The van der Waals surface area contributed by atoms with E-state index in [0.717, 1.165) is 31.2 Å². The summed E-state index contributed by atoms with van der Waals surface area (Å²) in [6, 6.07) is 6.16. The third-order valence-corrected chi connectivity index (χ3v) is 9.06. The van der Waals surface area contributed by atoms with Crippen LogP contribution in [0.3, 0.4) is 0 Å². The van der Waals surface area contributed by atoms with E-state index in [9.17, 15) is 42.3 Å². The first-order valence-corrected chi connectivity index (χ1v) is 18.4. The SMILES string of the molecule is CCCCCCCCCC(=O)C[C@H](C(=O)N[C@@H](Cc1ccccc1)C(=O)C[C@@H](CC(C)C)C(=O)NC(CCC(C)=O)C(O)C(F)(F)F)C(C)C. The molecule has 0 saturated carbocycles. The van der Waals surface area contributed by atoms with Crippen molar-refractivity contribution in [2.75, 3.05) is 0 Å². The van der Waals surface area contributed by atoms with Crippen molar-refractivity contribution in [2.45, 2.75) is 156 Å². The van der Waals surface area contributed by atoms with Gasteiger partial charge in [0.15, 0.2) is 11.9 Å². The fraction of sp³-hybridized carbons (Fsp3) is 0.718. The van der Waals surface area contributed by atoms with Crippen LogP contribution in [0.4, 0.5) is 13.2 Å². The summed E-state index contributed by atoms with van der Waals surface area (Å²) in [5.74, 6) is -4.19. The number of hydrogen-bond acceptors (Lipinski definition) is 6. The van der Waals surface area contributed by atoms with Gasteiger partial charge in [0.1, 0.15) is 11.6 Å². The van der Waals surface area contributed by atoms with Gasteiger partial charge in [-0.05, 0) is 50.0 Å². The number of carbonyl (C=O) groups excluding carboxylic acids is 5. The lowest BCUT2D eigenvalue weighted by Gasteiger charge is -2.29. The molecule has 11 heteroatoms. The van der Waals surface area contributed by atoms with E-state index in [1.54, 1.807) is 24.3 Å². The van der Waals surface area contributed by atoms with Crippen molar-refractivity contribution in [1.82, 2.24) is 10.6 Å². The van der Waals surface area contributed by atoms with E-state index in [0.29, 0.717) is 6.42 Å². The molecule has 1 aromatic carbocycles. The molecule has 0 aromatic heterocycles. The predicted molar refractivity (Wildman–Crippen MR) is 189 cm³/mol. The predicted octanol–water partition coefficient (Wildman–Crippen LogP) is 7.48. The fourth-order valence-corrected chi connectivity index (χ4v) is 6.07. The molecular weight excluding hydrogens is 649 g/mol. The molecule has 1 rings (SSSR count). The summed E-state index contributed by atoms with van der Waals surface area (Å²) in [6.45, 7) is 10.7. The molecule has 5 atom stereocenters. The zero-order valence-corrected chi connectivity index (χ0v) is 31.0. The highest BCUT2D eigenvalue weighted by Gasteiger charge is 2.44. The summed E-state index contributed by atoms with van der Waals surface area (Å²) in [5, 5.41) is 15.1. The summed E-state index contributed by atoms with van der Waals surface area (Å²) < 4.78 is 40.4. The van der Waals surface area contributed by atoms with Crippen molar-refractivity contribution in [2.24, 2.45) is 23.7 Å². The third-order valence-electron chi connectivity index (χ3n) is 9.06. The first-order chi connectivity index (χ1) is 23.5. The largest absolute Gasteiger partial charge is 0.416 e. The molecule has 0 radical (unpaired) electrons. The first-order valence-electron chi connectivity index (χ1n) is 18.4. The molecule has 2 unspecified atom stereocenters. The number of benzene rings is 1. The number of amides is 2. The molecule has 50 heavy (non-hydrogen) atoms. The lowest BCUT2D eigenvalue weighted by Crippen LogP contribution is -2.52. The summed E-state index contributed by atoms with van der Waals surface area (Å²) in [7, 11) is 0. The van der Waals surface area contributed by atoms with Crippen LogP contribution >= 0.6 is 0 Å². The number of Topliss-reactive ketones (excluding diaryl/α,β-unsaturated/α-hetero) is 3. The highest BCUT2D eigenvalue weighted by Crippen LogP contribution is 2.26. The van der Waals surface area contributed by atoms with E-state index in [-0.39, 0.29) is 49.7 Å². The van der Waals surface area contributed by atoms with Gasteiger partial charge < -0.3 is 20.5 Å². The smallest absolute Gasteiger partial charge is 0.382 e. The Morgan fingerprint density at radius 3 is 1.94 bits per heavy atom. The first kappa shape index (κ1) is 44.9. The number of unbranched alkanes of at least 4 members (excludes halogenated alkanes) is 6. The highest BCUT2D eigenvalue weighted by molar-refractivity contribution is 5.94. The Kier molecular flexibility index (Phi) is 21.0. The third kappa shape index (κ3) is 18.2. The van der Waals surface area contributed by atoms with Crippen molar-refractivity contribution < 1.29 is 42.3 Å². The van der Waals surface area contributed by atoms with Crippen molar-refractivity contribution in [3.8, 4) is 0 Å². The fourth-order valence-electron chi connectivity index (χ4n) is 6.07. The van der Waals surface area contributed by atoms with Crippen molar-refractivity contribution >= 4 is 29.2 Å². The Labute approximate surface area is 297 Å². The van der Waals surface area contributed by atoms with Crippen molar-refractivity contribution in [1.29, 1.82) is 0 Å². The molecule has 8 nitrogen and oxygen atoms in total. The van der Waals surface area contributed by atoms with Gasteiger partial charge in [-0.1, -0.05) is 103 Å². The Hall–Kier alpha value is -3.08. The second-order valence-corrected chi connectivity index (χ2v) is 14.6. The minimum absolute atomic E-state index is 0.00705. The number of aliphatic hydroxyl groups excluding tert-OH is 1. The van der Waals surface area contributed by atoms with Crippen LogP contribution in [0.2, 0.25) is 0 Å². The lowest BCUT2D eigenvalue weighted by atomic mass is 9.86. The average molecular weight is 711 g/mol. The van der Waals surface area contributed by atoms with Gasteiger partial charge in [0.05, 0.1) is 12.1 Å². The molecule has 3 N–H and O–H groups in total. The lowest BCUT2D eigenvalue weighted by molar-refractivity contribution is -0.213. The number of ketones is 3. The molecule has 0 spiro atoms. The van der Waals surface area contributed by atoms with Gasteiger partial charge in [0, 0.05) is 37.5 Å². The van der Waals surface area contributed by atoms with Gasteiger partial charge in [-0.2, -0.15) is 13.2 Å². The molecule has 1 aromatic rings. The zero-order chi connectivity index (χ0) is 37.9. The molecule has 0 aliphatic carbocycles. The number of rotatable bonds is 26. The topological polar surface area (TPSA) is 130 Å². The van der Waals surface area contributed by atoms with Crippen LogP contribution < -0.4 is 10.6 Å². The maximum atomic E-state index is 13.9. The molecule has 0 aliphatic heterocycles. The molecule has 0 saturated heterocycles. The van der Waals surface area contributed by atoms with Crippen LogP contribution in [0.1, 0.15) is 131 Å². The van der Waals surface area contributed by atoms with E-state index < -0.39 is 66.0 Å². The van der Waals surface area contributed by atoms with Crippen LogP contribution in [0, 0.1) is 23.7 Å². The van der Waals surface area contributed by atoms with Crippen LogP contribution in [-0.2, 0) is 30.4 Å². The molecule has 0 heterocycles. The molecular formula is C39H61F3N2O6. The number of carbonyl (C=O) groups is 5. The minimum atomic E-state index is -5.04. The van der Waals surface area contributed by atoms with Crippen LogP contribution in [0.15, 0.2) is 30.3 Å².